The molecule has 11 nitrogen and oxygen atoms in total. The molecule has 6 aromatic rings. The van der Waals surface area contributed by atoms with Gasteiger partial charge < -0.3 is 5.73 Å². The van der Waals surface area contributed by atoms with E-state index in [4.69, 9.17) is 22.3 Å². The molecule has 0 bridgehead atoms. The first kappa shape index (κ1) is 31.2. The second-order valence-corrected chi connectivity index (χ2v) is 13.2. The second-order valence-electron chi connectivity index (χ2n) is 11.0. The maximum Gasteiger partial charge on any atom is 0.266 e. The summed E-state index contributed by atoms with van der Waals surface area (Å²) >= 11 is 6.54. The van der Waals surface area contributed by atoms with Crippen LogP contribution in [0.3, 0.4) is 0 Å². The van der Waals surface area contributed by atoms with Crippen LogP contribution in [0.1, 0.15) is 28.8 Å². The summed E-state index contributed by atoms with van der Waals surface area (Å²) in [5.74, 6) is -1.06. The number of nitrogens with zero attached hydrogens (tertiary/aromatic N) is 6. The quantitative estimate of drug-likeness (QED) is 0.245. The van der Waals surface area contributed by atoms with Gasteiger partial charge in [-0.05, 0) is 68.3 Å². The predicted octanol–water partition coefficient (Wildman–Crippen LogP) is 4.89. The number of halogens is 3. The molecule has 15 heteroatoms. The molecule has 0 saturated carbocycles. The molecule has 1 atom stereocenters. The van der Waals surface area contributed by atoms with E-state index in [0.29, 0.717) is 22.4 Å². The lowest BCUT2D eigenvalue weighted by Gasteiger charge is -2.20. The van der Waals surface area contributed by atoms with Gasteiger partial charge in [0.25, 0.3) is 5.56 Å². The lowest BCUT2D eigenvalue weighted by Crippen LogP contribution is -2.30. The molecular formula is C31H27ClF2N8O3S. The number of nitrogens with one attached hydrogen (secondary N) is 1. The summed E-state index contributed by atoms with van der Waals surface area (Å²) in [5, 5.41) is 4.97. The van der Waals surface area contributed by atoms with Crippen molar-refractivity contribution in [2.24, 2.45) is 12.8 Å². The molecule has 46 heavy (non-hydrogen) atoms. The van der Waals surface area contributed by atoms with Crippen LogP contribution in [0.4, 0.5) is 14.6 Å². The van der Waals surface area contributed by atoms with Crippen LogP contribution in [0.25, 0.3) is 38.9 Å². The minimum absolute atomic E-state index is 0.0344. The first-order chi connectivity index (χ1) is 21.7. The number of nitrogens with two attached hydrogens (primary N) is 1. The fourth-order valence-electron chi connectivity index (χ4n) is 5.54. The van der Waals surface area contributed by atoms with Gasteiger partial charge in [0.15, 0.2) is 11.6 Å². The third-order valence-corrected chi connectivity index (χ3v) is 8.16. The number of sulfonamides is 1. The Hall–Kier alpha value is -4.79. The highest BCUT2D eigenvalue weighted by Gasteiger charge is 2.25. The molecule has 0 spiro atoms. The smallest absolute Gasteiger partial charge is 0.266 e. The molecule has 3 aromatic carbocycles. The topological polar surface area (TPSA) is 151 Å². The van der Waals surface area contributed by atoms with Crippen molar-refractivity contribution in [2.45, 2.75) is 26.3 Å². The van der Waals surface area contributed by atoms with E-state index in [2.05, 4.69) is 19.8 Å². The number of aromatic nitrogens is 6. The molecule has 3 heterocycles. The van der Waals surface area contributed by atoms with Gasteiger partial charge in [0.2, 0.25) is 10.0 Å². The van der Waals surface area contributed by atoms with Crippen molar-refractivity contribution in [3.8, 4) is 17.1 Å². The van der Waals surface area contributed by atoms with E-state index in [9.17, 15) is 22.0 Å². The van der Waals surface area contributed by atoms with E-state index >= 15 is 0 Å². The first-order valence-electron chi connectivity index (χ1n) is 13.9. The maximum atomic E-state index is 14.4. The van der Waals surface area contributed by atoms with Gasteiger partial charge in [-0.15, -0.1) is 0 Å². The van der Waals surface area contributed by atoms with Crippen molar-refractivity contribution in [1.29, 1.82) is 0 Å². The van der Waals surface area contributed by atoms with Crippen LogP contribution in [0.15, 0.2) is 59.4 Å². The fraction of sp³-hybridized carbons (Fsp3) is 0.194. The first-order valence-corrected chi connectivity index (χ1v) is 16.2. The Bertz CT molecular complexity index is 2340. The highest BCUT2D eigenvalue weighted by Crippen LogP contribution is 2.35. The zero-order valence-electron chi connectivity index (χ0n) is 25.0. The lowest BCUT2D eigenvalue weighted by atomic mass is 10.0. The number of hydrogen-bond donors (Lipinski definition) is 2. The number of fused-ring (bicyclic) bond motifs is 2. The SMILES string of the molecule is Cc1cc(C)nc(-c2ccc3c(=O)n(-c4ccc(Cl)c5c(NS(C)(=O)=O)nn(C)c45)c([C@@H](N)Cc4cc(F)cc(F)c4)nc3c2)n1. The standard InChI is InChI=1S/C31H27ClF2N8O3S/c1-15-9-16(2)37-28(36-15)18-5-6-21-24(13-18)38-30(23(35)12-17-10-19(33)14-20(34)11-17)42(31(21)43)25-8-7-22(32)26-27(25)41(3)39-29(26)40-46(4,44)45/h5-11,13-14,23H,12,35H2,1-4H3,(H,39,40)/t23-/m0/s1. The summed E-state index contributed by atoms with van der Waals surface area (Å²) in [4.78, 5) is 28.3. The van der Waals surface area contributed by atoms with Gasteiger partial charge in [-0.1, -0.05) is 17.7 Å². The molecule has 0 amide bonds. The molecule has 6 rings (SSSR count). The normalized spacial score (nSPS) is 12.6. The number of aryl methyl sites for hydroxylation is 3. The van der Waals surface area contributed by atoms with Crippen molar-refractivity contribution in [2.75, 3.05) is 11.0 Å². The van der Waals surface area contributed by atoms with Crippen molar-refractivity contribution in [3.63, 3.8) is 0 Å². The van der Waals surface area contributed by atoms with Crippen LogP contribution in [-0.2, 0) is 23.5 Å². The van der Waals surface area contributed by atoms with Crippen LogP contribution in [0, 0.1) is 25.5 Å². The Balaban J connectivity index is 1.63. The molecule has 0 aliphatic rings. The van der Waals surface area contributed by atoms with Crippen LogP contribution < -0.4 is 16.0 Å². The maximum absolute atomic E-state index is 14.4. The van der Waals surface area contributed by atoms with Crippen LogP contribution in [-0.4, -0.2) is 44.0 Å². The molecule has 0 aliphatic carbocycles. The van der Waals surface area contributed by atoms with E-state index in [-0.39, 0.29) is 45.1 Å². The number of hydrogen-bond acceptors (Lipinski definition) is 8. The highest BCUT2D eigenvalue weighted by molar-refractivity contribution is 7.92. The lowest BCUT2D eigenvalue weighted by molar-refractivity contribution is 0.572. The number of rotatable bonds is 7. The van der Waals surface area contributed by atoms with Crippen molar-refractivity contribution >= 4 is 49.2 Å². The molecule has 3 aromatic heterocycles. The summed E-state index contributed by atoms with van der Waals surface area (Å²) in [6, 6.07) is 12.0. The van der Waals surface area contributed by atoms with E-state index in [1.165, 1.54) is 15.3 Å². The predicted molar refractivity (Wildman–Crippen MR) is 173 cm³/mol. The highest BCUT2D eigenvalue weighted by atomic mass is 35.5. The average Bonchev–Trinajstić information content (AvgIpc) is 3.27. The van der Waals surface area contributed by atoms with E-state index in [0.717, 1.165) is 35.8 Å². The van der Waals surface area contributed by atoms with Crippen molar-refractivity contribution in [1.82, 2.24) is 29.3 Å². The summed E-state index contributed by atoms with van der Waals surface area (Å²) in [6.45, 7) is 3.70. The molecule has 0 radical (unpaired) electrons. The number of anilines is 1. The largest absolute Gasteiger partial charge is 0.321 e. The Kier molecular flexibility index (Phi) is 7.82. The molecule has 236 valence electrons. The van der Waals surface area contributed by atoms with Gasteiger partial charge in [-0.3, -0.25) is 18.8 Å². The zero-order valence-corrected chi connectivity index (χ0v) is 26.6. The molecule has 3 N–H and O–H groups in total. The molecule has 0 fully saturated rings. The Labute approximate surface area is 266 Å². The Morgan fingerprint density at radius 3 is 2.30 bits per heavy atom. The van der Waals surface area contributed by atoms with Crippen LogP contribution in [0.2, 0.25) is 5.02 Å². The number of benzene rings is 3. The third-order valence-electron chi connectivity index (χ3n) is 7.28. The Morgan fingerprint density at radius 1 is 0.978 bits per heavy atom. The van der Waals surface area contributed by atoms with Gasteiger partial charge in [0.1, 0.15) is 17.5 Å². The van der Waals surface area contributed by atoms with Crippen LogP contribution >= 0.6 is 11.6 Å². The van der Waals surface area contributed by atoms with Crippen LogP contribution in [0.5, 0.6) is 0 Å². The van der Waals surface area contributed by atoms with Gasteiger partial charge in [0.05, 0.1) is 44.8 Å². The Morgan fingerprint density at radius 2 is 1.65 bits per heavy atom. The monoisotopic (exact) mass is 664 g/mol. The second kappa shape index (κ2) is 11.5. The van der Waals surface area contributed by atoms with Gasteiger partial charge >= 0.3 is 0 Å². The molecule has 0 saturated heterocycles. The third kappa shape index (κ3) is 5.94. The summed E-state index contributed by atoms with van der Waals surface area (Å²) in [7, 11) is -2.17. The minimum Gasteiger partial charge on any atom is -0.321 e. The zero-order chi connectivity index (χ0) is 33.1. The van der Waals surface area contributed by atoms with E-state index in [1.807, 2.05) is 19.9 Å². The summed E-state index contributed by atoms with van der Waals surface area (Å²) in [5.41, 5.74) is 9.45. The van der Waals surface area contributed by atoms with Gasteiger partial charge in [0, 0.05) is 30.1 Å². The van der Waals surface area contributed by atoms with Gasteiger partial charge in [-0.2, -0.15) is 5.10 Å². The molecular weight excluding hydrogens is 638 g/mol. The summed E-state index contributed by atoms with van der Waals surface area (Å²) in [6.07, 6.45) is 0.905. The molecule has 0 aliphatic heterocycles. The van der Waals surface area contributed by atoms with Gasteiger partial charge in [-0.25, -0.2) is 32.2 Å². The fourth-order valence-corrected chi connectivity index (χ4v) is 6.27. The minimum atomic E-state index is -3.74. The molecule has 0 unspecified atom stereocenters. The van der Waals surface area contributed by atoms with Crippen molar-refractivity contribution < 1.29 is 17.2 Å². The van der Waals surface area contributed by atoms with E-state index < -0.39 is 33.3 Å². The van der Waals surface area contributed by atoms with Crippen molar-refractivity contribution in [3.05, 3.63) is 104 Å². The average molecular weight is 665 g/mol. The van der Waals surface area contributed by atoms with E-state index in [1.54, 1.807) is 31.3 Å². The summed E-state index contributed by atoms with van der Waals surface area (Å²) < 4.78 is 57.5.